The minimum atomic E-state index is -0.447. The van der Waals surface area contributed by atoms with Crippen LogP contribution in [0.5, 0.6) is 5.75 Å². The third-order valence-corrected chi connectivity index (χ3v) is 5.13. The van der Waals surface area contributed by atoms with Crippen LogP contribution in [-0.2, 0) is 6.54 Å². The highest BCUT2D eigenvalue weighted by atomic mass is 16.5. The molecule has 0 saturated carbocycles. The summed E-state index contributed by atoms with van der Waals surface area (Å²) in [5.74, 6) is 0.818. The minimum Gasteiger partial charge on any atom is -0.473 e. The quantitative estimate of drug-likeness (QED) is 0.792. The Balaban J connectivity index is 1.87. The average Bonchev–Trinajstić information content (AvgIpc) is 2.75. The molecular weight excluding hydrogens is 344 g/mol. The van der Waals surface area contributed by atoms with E-state index < -0.39 is 6.10 Å². The normalized spacial score (nSPS) is 26.3. The maximum Gasteiger partial charge on any atom is 0.165 e. The van der Waals surface area contributed by atoms with Crippen LogP contribution in [0.25, 0.3) is 0 Å². The standard InChI is InChI=1S/C20H30N4O3/c1-15(25)11-22-5-6-23-13-18-9-17(10-21)3-4-19(18)27-20(14-23)24(8-7-22)12-16(2)26/h3-4,9,15-16,20,25-26H,5-8,11-14H2,1-2H3/t15-,16-,20?/m0/s1. The van der Waals surface area contributed by atoms with Crippen LogP contribution in [0.2, 0.25) is 0 Å². The maximum absolute atomic E-state index is 9.98. The number of ether oxygens (including phenoxy) is 1. The fourth-order valence-corrected chi connectivity index (χ4v) is 3.87. The molecule has 27 heavy (non-hydrogen) atoms. The molecule has 0 spiro atoms. The summed E-state index contributed by atoms with van der Waals surface area (Å²) in [5, 5.41) is 29.0. The highest BCUT2D eigenvalue weighted by Gasteiger charge is 2.30. The first-order chi connectivity index (χ1) is 12.9. The SMILES string of the molecule is C[C@H](O)CN1CCN2Cc3cc(C#N)ccc3OC(C2)N(C[C@H](C)O)CC1. The van der Waals surface area contributed by atoms with Crippen LogP contribution in [0.4, 0.5) is 0 Å². The first-order valence-corrected chi connectivity index (χ1v) is 9.69. The number of hydrogen-bond donors (Lipinski definition) is 2. The van der Waals surface area contributed by atoms with Gasteiger partial charge >= 0.3 is 0 Å². The van der Waals surface area contributed by atoms with E-state index in [4.69, 9.17) is 4.74 Å². The fraction of sp³-hybridized carbons (Fsp3) is 0.650. The molecule has 1 aromatic carbocycles. The largest absolute Gasteiger partial charge is 0.473 e. The Labute approximate surface area is 161 Å². The predicted molar refractivity (Wildman–Crippen MR) is 102 cm³/mol. The minimum absolute atomic E-state index is 0.153. The maximum atomic E-state index is 9.98. The number of rotatable bonds is 4. The summed E-state index contributed by atoms with van der Waals surface area (Å²) >= 11 is 0. The zero-order chi connectivity index (χ0) is 19.4. The van der Waals surface area contributed by atoms with Crippen LogP contribution in [0.15, 0.2) is 18.2 Å². The Hall–Kier alpha value is -1.69. The van der Waals surface area contributed by atoms with Crippen molar-refractivity contribution >= 4 is 0 Å². The van der Waals surface area contributed by atoms with Crippen molar-refractivity contribution in [1.29, 1.82) is 5.26 Å². The van der Waals surface area contributed by atoms with Gasteiger partial charge in [-0.3, -0.25) is 14.7 Å². The summed E-state index contributed by atoms with van der Waals surface area (Å²) in [6.45, 7) is 9.57. The third kappa shape index (κ3) is 5.41. The molecule has 2 unspecified atom stereocenters. The van der Waals surface area contributed by atoms with Gasteiger partial charge in [0, 0.05) is 57.9 Å². The van der Waals surface area contributed by atoms with Gasteiger partial charge in [0.1, 0.15) is 5.75 Å². The van der Waals surface area contributed by atoms with Gasteiger partial charge in [-0.05, 0) is 32.0 Å². The molecule has 0 aromatic heterocycles. The molecule has 2 aliphatic heterocycles. The number of nitriles is 1. The first-order valence-electron chi connectivity index (χ1n) is 9.69. The number of aliphatic hydroxyl groups is 2. The molecular formula is C20H30N4O3. The van der Waals surface area contributed by atoms with Crippen molar-refractivity contribution in [2.75, 3.05) is 45.8 Å². The molecule has 3 rings (SSSR count). The molecule has 0 aliphatic carbocycles. The molecule has 2 N–H and O–H groups in total. The van der Waals surface area contributed by atoms with Crippen LogP contribution in [-0.4, -0.2) is 89.2 Å². The van der Waals surface area contributed by atoms with Crippen molar-refractivity contribution in [3.05, 3.63) is 29.3 Å². The van der Waals surface area contributed by atoms with E-state index in [0.717, 1.165) is 50.6 Å². The van der Waals surface area contributed by atoms with E-state index in [1.807, 2.05) is 19.1 Å². The Bertz CT molecular complexity index is 674. The van der Waals surface area contributed by atoms with Gasteiger partial charge in [-0.2, -0.15) is 5.26 Å². The summed E-state index contributed by atoms with van der Waals surface area (Å²) in [5.41, 5.74) is 1.66. The van der Waals surface area contributed by atoms with Gasteiger partial charge < -0.3 is 14.9 Å². The third-order valence-electron chi connectivity index (χ3n) is 5.13. The van der Waals surface area contributed by atoms with Crippen LogP contribution in [0.1, 0.15) is 25.0 Å². The summed E-state index contributed by atoms with van der Waals surface area (Å²) in [4.78, 5) is 6.79. The molecule has 0 amide bonds. The zero-order valence-corrected chi connectivity index (χ0v) is 16.2. The highest BCUT2D eigenvalue weighted by Crippen LogP contribution is 2.27. The Kier molecular flexibility index (Phi) is 6.68. The van der Waals surface area contributed by atoms with Crippen molar-refractivity contribution in [3.8, 4) is 11.8 Å². The Morgan fingerprint density at radius 3 is 2.59 bits per heavy atom. The van der Waals surface area contributed by atoms with E-state index >= 15 is 0 Å². The van der Waals surface area contributed by atoms with E-state index in [-0.39, 0.29) is 12.3 Å². The fourth-order valence-electron chi connectivity index (χ4n) is 3.87. The van der Waals surface area contributed by atoms with Crippen LogP contribution in [0.3, 0.4) is 0 Å². The number of fused-ring (bicyclic) bond motifs is 3. The van der Waals surface area contributed by atoms with E-state index in [9.17, 15) is 15.5 Å². The monoisotopic (exact) mass is 374 g/mol. The van der Waals surface area contributed by atoms with Crippen molar-refractivity contribution in [2.45, 2.75) is 38.8 Å². The Morgan fingerprint density at radius 1 is 1.15 bits per heavy atom. The van der Waals surface area contributed by atoms with Crippen molar-refractivity contribution in [1.82, 2.24) is 14.7 Å². The summed E-state index contributed by atoms with van der Waals surface area (Å²) in [7, 11) is 0. The lowest BCUT2D eigenvalue weighted by molar-refractivity contribution is -0.0145. The van der Waals surface area contributed by atoms with E-state index in [2.05, 4.69) is 20.8 Å². The van der Waals surface area contributed by atoms with Gasteiger partial charge in [0.25, 0.3) is 0 Å². The second-order valence-corrected chi connectivity index (χ2v) is 7.74. The van der Waals surface area contributed by atoms with E-state index in [1.165, 1.54) is 0 Å². The number of β-amino-alcohol motifs (C(OH)–C–C–N with tert-alkyl or cyclic N) is 2. The van der Waals surface area contributed by atoms with Crippen LogP contribution >= 0.6 is 0 Å². The molecule has 0 radical (unpaired) electrons. The number of hydrogen-bond acceptors (Lipinski definition) is 7. The molecule has 1 fully saturated rings. The zero-order valence-electron chi connectivity index (χ0n) is 16.2. The van der Waals surface area contributed by atoms with Gasteiger partial charge in [-0.1, -0.05) is 0 Å². The lowest BCUT2D eigenvalue weighted by atomic mass is 10.1. The van der Waals surface area contributed by atoms with Gasteiger partial charge in [-0.15, -0.1) is 0 Å². The summed E-state index contributed by atoms with van der Waals surface area (Å²) in [6.07, 6.45) is -0.972. The molecule has 7 heteroatoms. The summed E-state index contributed by atoms with van der Waals surface area (Å²) in [6, 6.07) is 7.79. The Morgan fingerprint density at radius 2 is 1.89 bits per heavy atom. The molecule has 1 aromatic rings. The first kappa shape index (κ1) is 20.1. The number of nitrogens with zero attached hydrogens (tertiary/aromatic N) is 4. The topological polar surface area (TPSA) is 83.2 Å². The van der Waals surface area contributed by atoms with Gasteiger partial charge in [0.05, 0.1) is 23.8 Å². The second-order valence-electron chi connectivity index (χ2n) is 7.74. The molecule has 2 bridgehead atoms. The molecule has 7 nitrogen and oxygen atoms in total. The smallest absolute Gasteiger partial charge is 0.165 e. The predicted octanol–water partition coefficient (Wildman–Crippen LogP) is 0.458. The molecule has 2 aliphatic rings. The molecule has 4 atom stereocenters. The lowest BCUT2D eigenvalue weighted by Crippen LogP contribution is -2.49. The number of aliphatic hydroxyl groups excluding tert-OH is 2. The molecule has 148 valence electrons. The van der Waals surface area contributed by atoms with E-state index in [0.29, 0.717) is 18.7 Å². The van der Waals surface area contributed by atoms with Gasteiger partial charge in [0.15, 0.2) is 6.23 Å². The van der Waals surface area contributed by atoms with Crippen molar-refractivity contribution in [2.24, 2.45) is 0 Å². The van der Waals surface area contributed by atoms with Crippen molar-refractivity contribution < 1.29 is 14.9 Å². The van der Waals surface area contributed by atoms with Crippen LogP contribution < -0.4 is 4.74 Å². The van der Waals surface area contributed by atoms with Gasteiger partial charge in [-0.25, -0.2) is 0 Å². The van der Waals surface area contributed by atoms with Crippen molar-refractivity contribution in [3.63, 3.8) is 0 Å². The second kappa shape index (κ2) is 9.00. The van der Waals surface area contributed by atoms with E-state index in [1.54, 1.807) is 13.0 Å². The highest BCUT2D eigenvalue weighted by molar-refractivity contribution is 5.42. The molecule has 2 heterocycles. The van der Waals surface area contributed by atoms with Crippen LogP contribution in [0, 0.1) is 11.3 Å². The van der Waals surface area contributed by atoms with Gasteiger partial charge in [0.2, 0.25) is 0 Å². The summed E-state index contributed by atoms with van der Waals surface area (Å²) < 4.78 is 6.34. The lowest BCUT2D eigenvalue weighted by Gasteiger charge is -2.33. The number of benzene rings is 1. The average molecular weight is 374 g/mol. The molecule has 1 saturated heterocycles.